The van der Waals surface area contributed by atoms with Crippen LogP contribution < -0.4 is 4.74 Å². The molecule has 0 radical (unpaired) electrons. The number of aromatic hydroxyl groups is 1. The molecule has 35 heavy (non-hydrogen) atoms. The average molecular weight is 473 g/mol. The first-order valence-corrected chi connectivity index (χ1v) is 11.0. The lowest BCUT2D eigenvalue weighted by Crippen LogP contribution is -2.31. The maximum absolute atomic E-state index is 12.1. The monoisotopic (exact) mass is 472 g/mol. The maximum Gasteiger partial charge on any atom is 0.196 e. The molecule has 1 atom stereocenters. The fourth-order valence-corrected chi connectivity index (χ4v) is 3.50. The van der Waals surface area contributed by atoms with Gasteiger partial charge in [0.05, 0.1) is 23.8 Å². The van der Waals surface area contributed by atoms with Gasteiger partial charge in [0, 0.05) is 30.7 Å². The minimum atomic E-state index is -0.572. The zero-order valence-corrected chi connectivity index (χ0v) is 19.9. The molecule has 0 saturated heterocycles. The van der Waals surface area contributed by atoms with Gasteiger partial charge in [-0.3, -0.25) is 9.59 Å². The first-order valence-electron chi connectivity index (χ1n) is 11.0. The van der Waals surface area contributed by atoms with Crippen LogP contribution in [0.1, 0.15) is 34.8 Å². The van der Waals surface area contributed by atoms with Crippen LogP contribution in [0.15, 0.2) is 96.6 Å². The van der Waals surface area contributed by atoms with Gasteiger partial charge in [-0.2, -0.15) is 0 Å². The smallest absolute Gasteiger partial charge is 0.196 e. The Bertz CT molecular complexity index is 1240. The second-order valence-corrected chi connectivity index (χ2v) is 8.16. The van der Waals surface area contributed by atoms with Crippen molar-refractivity contribution in [3.63, 3.8) is 0 Å². The molecule has 4 rings (SSSR count). The average Bonchev–Trinajstić information content (AvgIpc) is 2.89. The van der Waals surface area contributed by atoms with Gasteiger partial charge in [0.25, 0.3) is 0 Å². The Balaban J connectivity index is 0.000000196. The van der Waals surface area contributed by atoms with Gasteiger partial charge in [-0.05, 0) is 25.1 Å². The highest BCUT2D eigenvalue weighted by molar-refractivity contribution is 6.10. The SMILES string of the molecule is COC1(C)C=CC(=C(O)c2ccccc2)C(=O)C1.COc1ccc(C(=O)c2ccccc2)c(O)c1. The molecule has 6 heteroatoms. The van der Waals surface area contributed by atoms with Crippen LogP contribution in [-0.2, 0) is 9.53 Å². The molecule has 1 aliphatic carbocycles. The number of aliphatic hydroxyl groups is 1. The Hall–Kier alpha value is -4.16. The number of ketones is 2. The van der Waals surface area contributed by atoms with Crippen LogP contribution in [0.2, 0.25) is 0 Å². The van der Waals surface area contributed by atoms with E-state index in [1.54, 1.807) is 61.7 Å². The van der Waals surface area contributed by atoms with Crippen LogP contribution in [0.4, 0.5) is 0 Å². The Morgan fingerprint density at radius 1 is 0.914 bits per heavy atom. The molecule has 0 aromatic heterocycles. The first kappa shape index (κ1) is 25.5. The maximum atomic E-state index is 12.1. The minimum Gasteiger partial charge on any atom is -0.507 e. The van der Waals surface area contributed by atoms with E-state index >= 15 is 0 Å². The second-order valence-electron chi connectivity index (χ2n) is 8.16. The molecule has 0 bridgehead atoms. The Kier molecular flexibility index (Phi) is 8.23. The molecule has 1 aliphatic rings. The number of benzene rings is 3. The van der Waals surface area contributed by atoms with E-state index in [0.717, 1.165) is 0 Å². The fourth-order valence-electron chi connectivity index (χ4n) is 3.50. The summed E-state index contributed by atoms with van der Waals surface area (Å²) in [5, 5.41) is 19.9. The van der Waals surface area contributed by atoms with Gasteiger partial charge in [-0.15, -0.1) is 0 Å². The van der Waals surface area contributed by atoms with Crippen molar-refractivity contribution in [3.8, 4) is 11.5 Å². The van der Waals surface area contributed by atoms with Crippen molar-refractivity contribution in [2.75, 3.05) is 14.2 Å². The number of rotatable bonds is 5. The van der Waals surface area contributed by atoms with Crippen LogP contribution in [0.25, 0.3) is 5.76 Å². The molecule has 0 spiro atoms. The van der Waals surface area contributed by atoms with Crippen LogP contribution in [0, 0.1) is 0 Å². The number of aliphatic hydroxyl groups excluding tert-OH is 1. The summed E-state index contributed by atoms with van der Waals surface area (Å²) in [6.07, 6.45) is 3.69. The Morgan fingerprint density at radius 2 is 1.51 bits per heavy atom. The van der Waals surface area contributed by atoms with Gasteiger partial charge < -0.3 is 19.7 Å². The van der Waals surface area contributed by atoms with Crippen LogP contribution >= 0.6 is 0 Å². The summed E-state index contributed by atoms with van der Waals surface area (Å²) in [4.78, 5) is 24.1. The summed E-state index contributed by atoms with van der Waals surface area (Å²) in [6, 6.07) is 22.5. The number of carbonyl (C=O) groups excluding carboxylic acids is 2. The molecule has 3 aromatic rings. The lowest BCUT2D eigenvalue weighted by atomic mass is 9.87. The quantitative estimate of drug-likeness (QED) is 0.288. The highest BCUT2D eigenvalue weighted by atomic mass is 16.5. The molecule has 180 valence electrons. The van der Waals surface area contributed by atoms with Crippen molar-refractivity contribution in [3.05, 3.63) is 113 Å². The molecule has 1 unspecified atom stereocenters. The number of ether oxygens (including phenoxy) is 2. The van der Waals surface area contributed by atoms with E-state index in [9.17, 15) is 19.8 Å². The molecular formula is C29H28O6. The predicted molar refractivity (Wildman–Crippen MR) is 135 cm³/mol. The number of hydrogen-bond donors (Lipinski definition) is 2. The Morgan fingerprint density at radius 3 is 2.03 bits per heavy atom. The van der Waals surface area contributed by atoms with Crippen molar-refractivity contribution in [1.29, 1.82) is 0 Å². The number of methoxy groups -OCH3 is 2. The summed E-state index contributed by atoms with van der Waals surface area (Å²) in [6.45, 7) is 1.84. The summed E-state index contributed by atoms with van der Waals surface area (Å²) < 4.78 is 10.2. The molecule has 2 N–H and O–H groups in total. The van der Waals surface area contributed by atoms with E-state index in [1.807, 2.05) is 37.3 Å². The second kappa shape index (κ2) is 11.3. The van der Waals surface area contributed by atoms with Crippen LogP contribution in [-0.4, -0.2) is 41.6 Å². The predicted octanol–water partition coefficient (Wildman–Crippen LogP) is 5.52. The van der Waals surface area contributed by atoms with Gasteiger partial charge >= 0.3 is 0 Å². The van der Waals surface area contributed by atoms with Crippen molar-refractivity contribution in [1.82, 2.24) is 0 Å². The van der Waals surface area contributed by atoms with Crippen LogP contribution in [0.5, 0.6) is 11.5 Å². The Labute approximate surface area is 204 Å². The van der Waals surface area contributed by atoms with Crippen LogP contribution in [0.3, 0.4) is 0 Å². The largest absolute Gasteiger partial charge is 0.507 e. The van der Waals surface area contributed by atoms with Crippen molar-refractivity contribution in [2.45, 2.75) is 18.9 Å². The third kappa shape index (κ3) is 6.25. The van der Waals surface area contributed by atoms with Gasteiger partial charge in [0.15, 0.2) is 11.6 Å². The third-order valence-corrected chi connectivity index (χ3v) is 5.67. The van der Waals surface area contributed by atoms with E-state index in [2.05, 4.69) is 0 Å². The summed E-state index contributed by atoms with van der Waals surface area (Å²) in [7, 11) is 3.08. The summed E-state index contributed by atoms with van der Waals surface area (Å²) in [5.41, 5.74) is 1.24. The van der Waals surface area contributed by atoms with Gasteiger partial charge in [0.2, 0.25) is 0 Å². The molecule has 0 heterocycles. The number of carbonyl (C=O) groups is 2. The highest BCUT2D eigenvalue weighted by Crippen LogP contribution is 2.29. The molecule has 0 saturated carbocycles. The molecule has 0 fully saturated rings. The first-order chi connectivity index (χ1) is 16.8. The molecule has 3 aromatic carbocycles. The normalized spacial score (nSPS) is 18.3. The summed E-state index contributed by atoms with van der Waals surface area (Å²) in [5.74, 6) is 0.161. The van der Waals surface area contributed by atoms with Gasteiger partial charge in [0.1, 0.15) is 17.3 Å². The molecular weight excluding hydrogens is 444 g/mol. The van der Waals surface area contributed by atoms with E-state index in [4.69, 9.17) is 9.47 Å². The lowest BCUT2D eigenvalue weighted by molar-refractivity contribution is -0.119. The lowest BCUT2D eigenvalue weighted by Gasteiger charge is -2.27. The molecule has 0 amide bonds. The summed E-state index contributed by atoms with van der Waals surface area (Å²) >= 11 is 0. The van der Waals surface area contributed by atoms with E-state index < -0.39 is 5.60 Å². The van der Waals surface area contributed by atoms with Gasteiger partial charge in [-0.1, -0.05) is 66.7 Å². The highest BCUT2D eigenvalue weighted by Gasteiger charge is 2.31. The molecule has 6 nitrogen and oxygen atoms in total. The van der Waals surface area contributed by atoms with E-state index in [1.165, 1.54) is 13.2 Å². The minimum absolute atomic E-state index is 0.0232. The number of allylic oxidation sites excluding steroid dienone is 2. The van der Waals surface area contributed by atoms with E-state index in [0.29, 0.717) is 22.4 Å². The number of phenolic OH excluding ortho intramolecular Hbond substituents is 1. The zero-order chi connectivity index (χ0) is 25.4. The van der Waals surface area contributed by atoms with Gasteiger partial charge in [-0.25, -0.2) is 0 Å². The van der Waals surface area contributed by atoms with E-state index in [-0.39, 0.29) is 35.1 Å². The van der Waals surface area contributed by atoms with Crippen molar-refractivity contribution in [2.24, 2.45) is 0 Å². The zero-order valence-electron chi connectivity index (χ0n) is 19.9. The van der Waals surface area contributed by atoms with Crippen molar-refractivity contribution >= 4 is 17.3 Å². The fraction of sp³-hybridized carbons (Fsp3) is 0.172. The number of phenols is 1. The standard InChI is InChI=1S/C15H16O3.C14H12O3/c1-15(18-2)9-8-12(13(16)10-15)14(17)11-6-4-3-5-7-11;1-17-11-7-8-12(13(15)9-11)14(16)10-5-3-2-4-6-10/h3-9,17H,10H2,1-2H3;2-9,15H,1H3. The number of Topliss-reactive ketones (excluding diaryl/α,β-unsaturated/α-hetero) is 1. The van der Waals surface area contributed by atoms with Crippen molar-refractivity contribution < 1.29 is 29.3 Å². The third-order valence-electron chi connectivity index (χ3n) is 5.67. The molecule has 0 aliphatic heterocycles. The number of hydrogen-bond acceptors (Lipinski definition) is 6. The topological polar surface area (TPSA) is 93.1 Å².